The van der Waals surface area contributed by atoms with E-state index in [0.717, 1.165) is 22.5 Å². The Bertz CT molecular complexity index is 529. The second-order valence-electron chi connectivity index (χ2n) is 4.88. The molecule has 0 bridgehead atoms. The first-order chi connectivity index (χ1) is 8.61. The first kappa shape index (κ1) is 12.8. The number of aliphatic hydroxyl groups is 1. The van der Waals surface area contributed by atoms with Crippen LogP contribution in [-0.2, 0) is 6.61 Å². The van der Waals surface area contributed by atoms with Gasteiger partial charge in [-0.2, -0.15) is 0 Å². The second-order valence-corrected chi connectivity index (χ2v) is 4.88. The van der Waals surface area contributed by atoms with E-state index in [1.807, 2.05) is 19.1 Å². The van der Waals surface area contributed by atoms with Crippen molar-refractivity contribution >= 4 is 0 Å². The van der Waals surface area contributed by atoms with Crippen LogP contribution in [0.1, 0.15) is 36.6 Å². The molecule has 0 radical (unpaired) electrons. The van der Waals surface area contributed by atoms with Gasteiger partial charge in [-0.25, -0.2) is 0 Å². The van der Waals surface area contributed by atoms with Gasteiger partial charge in [-0.3, -0.25) is 4.98 Å². The molecule has 0 aliphatic rings. The number of aliphatic hydroxyl groups excluding tert-OH is 1. The van der Waals surface area contributed by atoms with Gasteiger partial charge in [-0.1, -0.05) is 44.2 Å². The van der Waals surface area contributed by atoms with Gasteiger partial charge in [0.15, 0.2) is 0 Å². The van der Waals surface area contributed by atoms with E-state index in [1.165, 1.54) is 5.56 Å². The quantitative estimate of drug-likeness (QED) is 0.889. The lowest BCUT2D eigenvalue weighted by atomic mass is 10.0. The molecule has 0 spiro atoms. The van der Waals surface area contributed by atoms with Crippen molar-refractivity contribution in [1.29, 1.82) is 0 Å². The number of aryl methyl sites for hydroxylation is 1. The van der Waals surface area contributed by atoms with Crippen LogP contribution in [0.4, 0.5) is 0 Å². The maximum Gasteiger partial charge on any atom is 0.0705 e. The van der Waals surface area contributed by atoms with Gasteiger partial charge in [0.1, 0.15) is 0 Å². The Balaban J connectivity index is 2.34. The number of pyridine rings is 1. The van der Waals surface area contributed by atoms with Crippen molar-refractivity contribution < 1.29 is 5.11 Å². The Kier molecular flexibility index (Phi) is 3.78. The molecule has 0 saturated carbocycles. The van der Waals surface area contributed by atoms with Crippen molar-refractivity contribution in [3.8, 4) is 11.3 Å². The third-order valence-corrected chi connectivity index (χ3v) is 3.24. The maximum atomic E-state index is 9.14. The highest BCUT2D eigenvalue weighted by Crippen LogP contribution is 2.22. The number of nitrogens with zero attached hydrogens (tertiary/aromatic N) is 1. The fraction of sp³-hybridized carbons (Fsp3) is 0.312. The Labute approximate surface area is 108 Å². The number of benzene rings is 1. The molecule has 0 saturated heterocycles. The van der Waals surface area contributed by atoms with Gasteiger partial charge in [0.05, 0.1) is 12.3 Å². The summed E-state index contributed by atoms with van der Waals surface area (Å²) in [4.78, 5) is 4.53. The Morgan fingerprint density at radius 3 is 2.22 bits per heavy atom. The highest BCUT2D eigenvalue weighted by molar-refractivity contribution is 5.60. The third kappa shape index (κ3) is 2.59. The Morgan fingerprint density at radius 1 is 1.06 bits per heavy atom. The molecule has 0 atom stereocenters. The molecular weight excluding hydrogens is 222 g/mol. The molecule has 18 heavy (non-hydrogen) atoms. The van der Waals surface area contributed by atoms with Crippen molar-refractivity contribution in [3.05, 3.63) is 53.2 Å². The van der Waals surface area contributed by atoms with Crippen LogP contribution in [0.15, 0.2) is 36.4 Å². The minimum absolute atomic E-state index is 0.0470. The van der Waals surface area contributed by atoms with E-state index in [-0.39, 0.29) is 6.61 Å². The summed E-state index contributed by atoms with van der Waals surface area (Å²) < 4.78 is 0. The molecule has 1 N–H and O–H groups in total. The summed E-state index contributed by atoms with van der Waals surface area (Å²) in [7, 11) is 0. The minimum atomic E-state index is 0.0470. The van der Waals surface area contributed by atoms with Gasteiger partial charge < -0.3 is 5.11 Å². The summed E-state index contributed by atoms with van der Waals surface area (Å²) >= 11 is 0. The average Bonchev–Trinajstić information content (AvgIpc) is 2.38. The first-order valence-electron chi connectivity index (χ1n) is 6.29. The molecule has 0 aliphatic heterocycles. The molecule has 2 nitrogen and oxygen atoms in total. The van der Waals surface area contributed by atoms with E-state index in [9.17, 15) is 0 Å². The maximum absolute atomic E-state index is 9.14. The van der Waals surface area contributed by atoms with Gasteiger partial charge >= 0.3 is 0 Å². The molecule has 1 aromatic heterocycles. The van der Waals surface area contributed by atoms with Crippen LogP contribution in [-0.4, -0.2) is 10.1 Å². The van der Waals surface area contributed by atoms with Crippen LogP contribution in [0.3, 0.4) is 0 Å². The molecular formula is C16H19NO. The SMILES string of the molecule is Cc1nc(-c2ccc(C(C)C)cc2)ccc1CO. The lowest BCUT2D eigenvalue weighted by Gasteiger charge is -2.08. The minimum Gasteiger partial charge on any atom is -0.392 e. The number of hydrogen-bond acceptors (Lipinski definition) is 2. The molecule has 94 valence electrons. The summed E-state index contributed by atoms with van der Waals surface area (Å²) in [6.07, 6.45) is 0. The fourth-order valence-corrected chi connectivity index (χ4v) is 1.96. The number of aromatic nitrogens is 1. The summed E-state index contributed by atoms with van der Waals surface area (Å²) in [5.41, 5.74) is 5.19. The largest absolute Gasteiger partial charge is 0.392 e. The van der Waals surface area contributed by atoms with Crippen LogP contribution >= 0.6 is 0 Å². The molecule has 2 heteroatoms. The predicted octanol–water partition coefficient (Wildman–Crippen LogP) is 3.67. The zero-order chi connectivity index (χ0) is 13.1. The zero-order valence-corrected chi connectivity index (χ0v) is 11.1. The molecule has 0 amide bonds. The molecule has 0 aliphatic carbocycles. The number of rotatable bonds is 3. The molecule has 0 unspecified atom stereocenters. The highest BCUT2D eigenvalue weighted by atomic mass is 16.3. The van der Waals surface area contributed by atoms with Crippen LogP contribution in [0.2, 0.25) is 0 Å². The molecule has 0 fully saturated rings. The van der Waals surface area contributed by atoms with Crippen LogP contribution in [0, 0.1) is 6.92 Å². The van der Waals surface area contributed by atoms with Crippen molar-refractivity contribution in [1.82, 2.24) is 4.98 Å². The molecule has 2 rings (SSSR count). The van der Waals surface area contributed by atoms with Crippen molar-refractivity contribution in [2.75, 3.05) is 0 Å². The van der Waals surface area contributed by atoms with Crippen LogP contribution < -0.4 is 0 Å². The summed E-state index contributed by atoms with van der Waals surface area (Å²) in [5.74, 6) is 0.547. The highest BCUT2D eigenvalue weighted by Gasteiger charge is 2.04. The standard InChI is InChI=1S/C16H19NO/c1-11(2)13-4-6-14(7-5-13)16-9-8-15(10-18)12(3)17-16/h4-9,11,18H,10H2,1-3H3. The zero-order valence-electron chi connectivity index (χ0n) is 11.1. The lowest BCUT2D eigenvalue weighted by molar-refractivity contribution is 0.280. The predicted molar refractivity (Wildman–Crippen MR) is 74.4 cm³/mol. The van der Waals surface area contributed by atoms with E-state index < -0.39 is 0 Å². The average molecular weight is 241 g/mol. The smallest absolute Gasteiger partial charge is 0.0705 e. The van der Waals surface area contributed by atoms with E-state index in [2.05, 4.69) is 43.1 Å². The van der Waals surface area contributed by atoms with Gasteiger partial charge in [-0.05, 0) is 30.0 Å². The van der Waals surface area contributed by atoms with E-state index in [1.54, 1.807) is 0 Å². The van der Waals surface area contributed by atoms with Gasteiger partial charge in [0.25, 0.3) is 0 Å². The van der Waals surface area contributed by atoms with Gasteiger partial charge in [0, 0.05) is 11.3 Å². The van der Waals surface area contributed by atoms with Gasteiger partial charge in [0.2, 0.25) is 0 Å². The topological polar surface area (TPSA) is 33.1 Å². The first-order valence-corrected chi connectivity index (χ1v) is 6.29. The van der Waals surface area contributed by atoms with Crippen molar-refractivity contribution in [2.24, 2.45) is 0 Å². The monoisotopic (exact) mass is 241 g/mol. The third-order valence-electron chi connectivity index (χ3n) is 3.24. The summed E-state index contributed by atoms with van der Waals surface area (Å²) in [6, 6.07) is 12.4. The van der Waals surface area contributed by atoms with Crippen LogP contribution in [0.25, 0.3) is 11.3 Å². The number of hydrogen-bond donors (Lipinski definition) is 1. The lowest BCUT2D eigenvalue weighted by Crippen LogP contribution is -1.94. The normalized spacial score (nSPS) is 10.9. The molecule has 1 heterocycles. The van der Waals surface area contributed by atoms with E-state index in [0.29, 0.717) is 5.92 Å². The van der Waals surface area contributed by atoms with E-state index in [4.69, 9.17) is 5.11 Å². The fourth-order valence-electron chi connectivity index (χ4n) is 1.96. The summed E-state index contributed by atoms with van der Waals surface area (Å²) in [5, 5.41) is 9.14. The van der Waals surface area contributed by atoms with Crippen LogP contribution in [0.5, 0.6) is 0 Å². The molecule has 2 aromatic rings. The van der Waals surface area contributed by atoms with Crippen molar-refractivity contribution in [3.63, 3.8) is 0 Å². The second kappa shape index (κ2) is 5.32. The van der Waals surface area contributed by atoms with Crippen molar-refractivity contribution in [2.45, 2.75) is 33.3 Å². The molecule has 1 aromatic carbocycles. The summed E-state index contributed by atoms with van der Waals surface area (Å²) in [6.45, 7) is 6.35. The Hall–Kier alpha value is -1.67. The van der Waals surface area contributed by atoms with Gasteiger partial charge in [-0.15, -0.1) is 0 Å². The van der Waals surface area contributed by atoms with E-state index >= 15 is 0 Å². The Morgan fingerprint density at radius 2 is 1.72 bits per heavy atom.